The summed E-state index contributed by atoms with van der Waals surface area (Å²) >= 11 is 1.32. The predicted octanol–water partition coefficient (Wildman–Crippen LogP) is 1.76. The number of hydrogen-bond donors (Lipinski definition) is 0. The molecule has 0 N–H and O–H groups in total. The van der Waals surface area contributed by atoms with E-state index in [-0.39, 0.29) is 5.91 Å². The smallest absolute Gasteiger partial charge is 0.254 e. The van der Waals surface area contributed by atoms with Crippen molar-refractivity contribution in [3.05, 3.63) is 47.5 Å². The highest BCUT2D eigenvalue weighted by Gasteiger charge is 2.26. The van der Waals surface area contributed by atoms with Gasteiger partial charge in [-0.15, -0.1) is 10.2 Å². The van der Waals surface area contributed by atoms with E-state index < -0.39 is 0 Å². The third-order valence-electron chi connectivity index (χ3n) is 3.78. The summed E-state index contributed by atoms with van der Waals surface area (Å²) in [5, 5.41) is 9.23. The van der Waals surface area contributed by atoms with Gasteiger partial charge in [0.05, 0.1) is 6.54 Å². The molecule has 0 unspecified atom stereocenters. The first kappa shape index (κ1) is 14.0. The molecule has 0 spiro atoms. The van der Waals surface area contributed by atoms with Gasteiger partial charge in [-0.3, -0.25) is 4.79 Å². The van der Waals surface area contributed by atoms with E-state index in [9.17, 15) is 4.79 Å². The van der Waals surface area contributed by atoms with Crippen LogP contribution in [0.3, 0.4) is 0 Å². The molecule has 116 valence electrons. The first-order chi connectivity index (χ1) is 11.2. The Morgan fingerprint density at radius 3 is 2.74 bits per heavy atom. The van der Waals surface area contributed by atoms with Crippen molar-refractivity contribution in [1.29, 1.82) is 0 Å². The second kappa shape index (κ2) is 5.54. The lowest BCUT2D eigenvalue weighted by Crippen LogP contribution is -2.38. The average molecular weight is 326 g/mol. The van der Waals surface area contributed by atoms with Crippen LogP contribution in [0.15, 0.2) is 30.3 Å². The quantitative estimate of drug-likeness (QED) is 0.717. The maximum Gasteiger partial charge on any atom is 0.254 e. The van der Waals surface area contributed by atoms with Gasteiger partial charge in [0.2, 0.25) is 0 Å². The number of aryl methyl sites for hydroxylation is 1. The predicted molar refractivity (Wildman–Crippen MR) is 84.8 cm³/mol. The minimum Gasteiger partial charge on any atom is -0.329 e. The summed E-state index contributed by atoms with van der Waals surface area (Å²) in [6, 6.07) is 9.30. The Balaban J connectivity index is 1.59. The SMILES string of the molecule is Cc1nsc(-c2nnc3n2CCN(C(=O)c2ccccc2)C3)n1. The Kier molecular flexibility index (Phi) is 3.38. The van der Waals surface area contributed by atoms with Crippen LogP contribution < -0.4 is 0 Å². The molecule has 1 aliphatic heterocycles. The largest absolute Gasteiger partial charge is 0.329 e. The average Bonchev–Trinajstić information content (AvgIpc) is 3.20. The highest BCUT2D eigenvalue weighted by atomic mass is 32.1. The molecule has 8 heteroatoms. The normalized spacial score (nSPS) is 13.9. The van der Waals surface area contributed by atoms with Gasteiger partial charge in [0.25, 0.3) is 5.91 Å². The lowest BCUT2D eigenvalue weighted by atomic mass is 10.2. The van der Waals surface area contributed by atoms with E-state index in [0.717, 1.165) is 22.5 Å². The van der Waals surface area contributed by atoms with Gasteiger partial charge in [-0.2, -0.15) is 4.37 Å². The number of rotatable bonds is 2. The Hall–Kier alpha value is -2.61. The molecule has 1 amide bonds. The van der Waals surface area contributed by atoms with Gasteiger partial charge in [-0.05, 0) is 30.6 Å². The third kappa shape index (κ3) is 2.50. The lowest BCUT2D eigenvalue weighted by molar-refractivity contribution is 0.0708. The van der Waals surface area contributed by atoms with E-state index in [1.165, 1.54) is 11.5 Å². The maximum atomic E-state index is 12.5. The van der Waals surface area contributed by atoms with E-state index >= 15 is 0 Å². The van der Waals surface area contributed by atoms with Crippen molar-refractivity contribution in [1.82, 2.24) is 29.0 Å². The molecule has 0 aliphatic carbocycles. The standard InChI is InChI=1S/C15H14N6OS/c1-10-16-14(23-19-10)13-18-17-12-9-20(7-8-21(12)13)15(22)11-5-3-2-4-6-11/h2-6H,7-9H2,1H3. The van der Waals surface area contributed by atoms with Crippen molar-refractivity contribution in [2.75, 3.05) is 6.54 Å². The number of hydrogen-bond acceptors (Lipinski definition) is 6. The molecule has 0 saturated carbocycles. The van der Waals surface area contributed by atoms with Crippen molar-refractivity contribution in [3.8, 4) is 10.8 Å². The third-order valence-corrected chi connectivity index (χ3v) is 4.58. The first-order valence-corrected chi connectivity index (χ1v) is 8.07. The summed E-state index contributed by atoms with van der Waals surface area (Å²) in [7, 11) is 0. The van der Waals surface area contributed by atoms with Crippen molar-refractivity contribution in [3.63, 3.8) is 0 Å². The van der Waals surface area contributed by atoms with Crippen molar-refractivity contribution >= 4 is 17.4 Å². The Morgan fingerprint density at radius 2 is 2.00 bits per heavy atom. The molecule has 1 aliphatic rings. The first-order valence-electron chi connectivity index (χ1n) is 7.29. The summed E-state index contributed by atoms with van der Waals surface area (Å²) in [5.41, 5.74) is 0.695. The molecule has 3 aromatic rings. The zero-order valence-corrected chi connectivity index (χ0v) is 13.3. The van der Waals surface area contributed by atoms with Gasteiger partial charge in [-0.1, -0.05) is 18.2 Å². The van der Waals surface area contributed by atoms with E-state index in [2.05, 4.69) is 19.6 Å². The summed E-state index contributed by atoms with van der Waals surface area (Å²) in [4.78, 5) is 18.7. The Bertz CT molecular complexity index is 856. The number of amides is 1. The molecule has 0 saturated heterocycles. The minimum absolute atomic E-state index is 0.0214. The van der Waals surface area contributed by atoms with Crippen LogP contribution in [0.4, 0.5) is 0 Å². The fourth-order valence-electron chi connectivity index (χ4n) is 2.64. The molecule has 0 bridgehead atoms. The second-order valence-corrected chi connectivity index (χ2v) is 6.08. The van der Waals surface area contributed by atoms with E-state index in [4.69, 9.17) is 0 Å². The van der Waals surface area contributed by atoms with Gasteiger partial charge in [0, 0.05) is 18.7 Å². The lowest BCUT2D eigenvalue weighted by Gasteiger charge is -2.27. The molecule has 0 atom stereocenters. The molecule has 3 heterocycles. The zero-order valence-electron chi connectivity index (χ0n) is 12.5. The number of fused-ring (bicyclic) bond motifs is 1. The number of carbonyl (C=O) groups excluding carboxylic acids is 1. The van der Waals surface area contributed by atoms with Gasteiger partial charge >= 0.3 is 0 Å². The number of aromatic nitrogens is 5. The second-order valence-electron chi connectivity index (χ2n) is 5.33. The van der Waals surface area contributed by atoms with E-state index in [0.29, 0.717) is 25.2 Å². The molecule has 4 rings (SSSR count). The minimum atomic E-state index is 0.0214. The van der Waals surface area contributed by atoms with Crippen LogP contribution >= 0.6 is 11.5 Å². The van der Waals surface area contributed by atoms with Crippen molar-refractivity contribution in [2.24, 2.45) is 0 Å². The van der Waals surface area contributed by atoms with Gasteiger partial charge in [-0.25, -0.2) is 4.98 Å². The Morgan fingerprint density at radius 1 is 1.17 bits per heavy atom. The summed E-state index contributed by atoms with van der Waals surface area (Å²) < 4.78 is 6.21. The van der Waals surface area contributed by atoms with Crippen LogP contribution in [-0.4, -0.2) is 41.5 Å². The molecular formula is C15H14N6OS. The molecule has 23 heavy (non-hydrogen) atoms. The number of benzene rings is 1. The van der Waals surface area contributed by atoms with Crippen molar-refractivity contribution in [2.45, 2.75) is 20.0 Å². The van der Waals surface area contributed by atoms with Crippen LogP contribution in [0.1, 0.15) is 22.0 Å². The monoisotopic (exact) mass is 326 g/mol. The fraction of sp³-hybridized carbons (Fsp3) is 0.267. The molecule has 1 aromatic carbocycles. The highest BCUT2D eigenvalue weighted by molar-refractivity contribution is 7.09. The van der Waals surface area contributed by atoms with Gasteiger partial charge < -0.3 is 9.47 Å². The summed E-state index contributed by atoms with van der Waals surface area (Å²) in [6.45, 7) is 3.60. The zero-order chi connectivity index (χ0) is 15.8. The molecule has 0 radical (unpaired) electrons. The Labute approximate surface area is 136 Å². The molecule has 2 aromatic heterocycles. The fourth-order valence-corrected chi connectivity index (χ4v) is 3.31. The number of carbonyl (C=O) groups is 1. The highest BCUT2D eigenvalue weighted by Crippen LogP contribution is 2.23. The maximum absolute atomic E-state index is 12.5. The van der Waals surface area contributed by atoms with Crippen molar-refractivity contribution < 1.29 is 4.79 Å². The molecule has 7 nitrogen and oxygen atoms in total. The summed E-state index contributed by atoms with van der Waals surface area (Å²) in [5.74, 6) is 2.27. The van der Waals surface area contributed by atoms with Crippen LogP contribution in [0.2, 0.25) is 0 Å². The van der Waals surface area contributed by atoms with Crippen LogP contribution in [0, 0.1) is 6.92 Å². The molecule has 0 fully saturated rings. The van der Waals surface area contributed by atoms with E-state index in [1.54, 1.807) is 4.90 Å². The summed E-state index contributed by atoms with van der Waals surface area (Å²) in [6.07, 6.45) is 0. The topological polar surface area (TPSA) is 76.8 Å². The van der Waals surface area contributed by atoms with Crippen LogP contribution in [0.25, 0.3) is 10.8 Å². The van der Waals surface area contributed by atoms with Gasteiger partial charge in [0.1, 0.15) is 5.82 Å². The number of nitrogens with zero attached hydrogens (tertiary/aromatic N) is 6. The van der Waals surface area contributed by atoms with Crippen LogP contribution in [0.5, 0.6) is 0 Å². The molecular weight excluding hydrogens is 312 g/mol. The van der Waals surface area contributed by atoms with E-state index in [1.807, 2.05) is 41.8 Å². The van der Waals surface area contributed by atoms with Gasteiger partial charge in [0.15, 0.2) is 16.7 Å². The van der Waals surface area contributed by atoms with Crippen LogP contribution in [-0.2, 0) is 13.1 Å².